The maximum absolute atomic E-state index is 12.3. The van der Waals surface area contributed by atoms with Gasteiger partial charge < -0.3 is 0 Å². The molecule has 0 radical (unpaired) electrons. The first kappa shape index (κ1) is 19.1. The Hall–Kier alpha value is -2.21. The number of nitrogens with zero attached hydrogens (tertiary/aromatic N) is 3. The second-order valence-electron chi connectivity index (χ2n) is 7.93. The lowest BCUT2D eigenvalue weighted by Crippen LogP contribution is -2.55. The number of benzene rings is 2. The van der Waals surface area contributed by atoms with E-state index in [9.17, 15) is 4.79 Å². The first-order chi connectivity index (χ1) is 13.7. The normalized spacial score (nSPS) is 18.5. The van der Waals surface area contributed by atoms with Crippen LogP contribution < -0.4 is 5.43 Å². The van der Waals surface area contributed by atoms with Gasteiger partial charge in [-0.3, -0.25) is 20.0 Å². The molecule has 0 atom stereocenters. The predicted octanol–water partition coefficient (Wildman–Crippen LogP) is 2.52. The van der Waals surface area contributed by atoms with E-state index in [0.29, 0.717) is 12.6 Å². The molecule has 1 N–H and O–H groups in total. The van der Waals surface area contributed by atoms with Crippen molar-refractivity contribution < 1.29 is 4.79 Å². The third-order valence-electron chi connectivity index (χ3n) is 5.76. The van der Waals surface area contributed by atoms with Crippen LogP contribution in [0.1, 0.15) is 30.0 Å². The molecule has 1 heterocycles. The first-order valence-corrected chi connectivity index (χ1v) is 10.3. The molecule has 2 aromatic carbocycles. The summed E-state index contributed by atoms with van der Waals surface area (Å²) in [6.07, 6.45) is 2.45. The fourth-order valence-electron chi connectivity index (χ4n) is 4.06. The molecule has 2 aromatic rings. The highest BCUT2D eigenvalue weighted by atomic mass is 16.2. The van der Waals surface area contributed by atoms with Crippen molar-refractivity contribution in [1.82, 2.24) is 20.2 Å². The van der Waals surface area contributed by atoms with Crippen molar-refractivity contribution in [3.8, 4) is 0 Å². The van der Waals surface area contributed by atoms with Gasteiger partial charge in [0.15, 0.2) is 0 Å². The average molecular weight is 379 g/mol. The molecule has 4 rings (SSSR count). The minimum atomic E-state index is 0.102. The SMILES string of the molecule is CN(CC(=O)NN1CCN(C(c2ccccc2)c2ccccc2)CC1)C1CC1. The summed E-state index contributed by atoms with van der Waals surface area (Å²) >= 11 is 0. The molecule has 0 aromatic heterocycles. The highest BCUT2D eigenvalue weighted by Crippen LogP contribution is 2.29. The van der Waals surface area contributed by atoms with E-state index in [2.05, 4.69) is 80.9 Å². The number of hydrogen-bond donors (Lipinski definition) is 1. The van der Waals surface area contributed by atoms with Crippen LogP contribution in [0.3, 0.4) is 0 Å². The quantitative estimate of drug-likeness (QED) is 0.804. The zero-order chi connectivity index (χ0) is 19.3. The lowest BCUT2D eigenvalue weighted by atomic mass is 9.96. The molecule has 148 valence electrons. The lowest BCUT2D eigenvalue weighted by molar-refractivity contribution is -0.127. The van der Waals surface area contributed by atoms with Crippen LogP contribution in [0.15, 0.2) is 60.7 Å². The van der Waals surface area contributed by atoms with Crippen LogP contribution in [-0.4, -0.2) is 66.5 Å². The van der Waals surface area contributed by atoms with Gasteiger partial charge >= 0.3 is 0 Å². The predicted molar refractivity (Wildman–Crippen MR) is 112 cm³/mol. The molecule has 5 nitrogen and oxygen atoms in total. The highest BCUT2D eigenvalue weighted by molar-refractivity contribution is 5.77. The van der Waals surface area contributed by atoms with Crippen molar-refractivity contribution in [2.24, 2.45) is 0 Å². The van der Waals surface area contributed by atoms with Gasteiger partial charge in [-0.15, -0.1) is 0 Å². The van der Waals surface area contributed by atoms with Crippen molar-refractivity contribution in [1.29, 1.82) is 0 Å². The summed E-state index contributed by atoms with van der Waals surface area (Å²) in [6.45, 7) is 4.02. The standard InChI is InChI=1S/C23H30N4O/c1-25(21-12-13-21)18-22(28)24-27-16-14-26(15-17-27)23(19-8-4-2-5-9-19)20-10-6-3-7-11-20/h2-11,21,23H,12-18H2,1H3,(H,24,28). The molecule has 0 spiro atoms. The van der Waals surface area contributed by atoms with E-state index >= 15 is 0 Å². The number of carbonyl (C=O) groups is 1. The maximum atomic E-state index is 12.3. The van der Waals surface area contributed by atoms with Gasteiger partial charge in [0.2, 0.25) is 5.91 Å². The van der Waals surface area contributed by atoms with E-state index in [0.717, 1.165) is 26.2 Å². The van der Waals surface area contributed by atoms with E-state index in [1.54, 1.807) is 0 Å². The third kappa shape index (κ3) is 4.79. The molecule has 2 fully saturated rings. The molecule has 0 unspecified atom stereocenters. The summed E-state index contributed by atoms with van der Waals surface area (Å²) in [5, 5.41) is 2.08. The summed E-state index contributed by atoms with van der Waals surface area (Å²) in [4.78, 5) is 17.0. The van der Waals surface area contributed by atoms with E-state index in [1.165, 1.54) is 24.0 Å². The molecule has 1 saturated heterocycles. The smallest absolute Gasteiger partial charge is 0.248 e. The third-order valence-corrected chi connectivity index (χ3v) is 5.76. The lowest BCUT2D eigenvalue weighted by Gasteiger charge is -2.39. The van der Waals surface area contributed by atoms with Gasteiger partial charge in [-0.25, -0.2) is 5.01 Å². The van der Waals surface area contributed by atoms with Gasteiger partial charge in [-0.2, -0.15) is 0 Å². The fourth-order valence-corrected chi connectivity index (χ4v) is 4.06. The first-order valence-electron chi connectivity index (χ1n) is 10.3. The molecule has 1 saturated carbocycles. The van der Waals surface area contributed by atoms with Gasteiger partial charge in [0, 0.05) is 32.2 Å². The van der Waals surface area contributed by atoms with Gasteiger partial charge in [-0.05, 0) is 31.0 Å². The number of piperazine rings is 1. The number of rotatable bonds is 7. The van der Waals surface area contributed by atoms with Crippen molar-refractivity contribution in [3.63, 3.8) is 0 Å². The monoisotopic (exact) mass is 378 g/mol. The van der Waals surface area contributed by atoms with Crippen LogP contribution in [0.25, 0.3) is 0 Å². The summed E-state index contributed by atoms with van der Waals surface area (Å²) in [5.41, 5.74) is 5.73. The number of carbonyl (C=O) groups excluding carboxylic acids is 1. The molecule has 1 amide bonds. The minimum Gasteiger partial charge on any atom is -0.295 e. The maximum Gasteiger partial charge on any atom is 0.248 e. The Morgan fingerprint density at radius 3 is 2.00 bits per heavy atom. The molecule has 28 heavy (non-hydrogen) atoms. The van der Waals surface area contributed by atoms with E-state index in [4.69, 9.17) is 0 Å². The molecule has 2 aliphatic rings. The van der Waals surface area contributed by atoms with Crippen molar-refractivity contribution in [2.75, 3.05) is 39.8 Å². The Bertz CT molecular complexity index is 715. The molecule has 5 heteroatoms. The van der Waals surface area contributed by atoms with Crippen molar-refractivity contribution in [2.45, 2.75) is 24.9 Å². The summed E-state index contributed by atoms with van der Waals surface area (Å²) in [5.74, 6) is 0.102. The van der Waals surface area contributed by atoms with Crippen molar-refractivity contribution >= 4 is 5.91 Å². The van der Waals surface area contributed by atoms with Crippen LogP contribution in [0, 0.1) is 0 Å². The second-order valence-corrected chi connectivity index (χ2v) is 7.93. The Morgan fingerprint density at radius 2 is 1.50 bits per heavy atom. The Labute approximate surface area is 167 Å². The zero-order valence-corrected chi connectivity index (χ0v) is 16.6. The summed E-state index contributed by atoms with van der Waals surface area (Å²) < 4.78 is 0. The van der Waals surface area contributed by atoms with E-state index in [1.807, 2.05) is 7.05 Å². The van der Waals surface area contributed by atoms with Gasteiger partial charge in [0.05, 0.1) is 12.6 Å². The average Bonchev–Trinajstić information content (AvgIpc) is 3.57. The second kappa shape index (κ2) is 8.86. The van der Waals surface area contributed by atoms with Crippen LogP contribution in [0.4, 0.5) is 0 Å². The van der Waals surface area contributed by atoms with Crippen LogP contribution >= 0.6 is 0 Å². The number of hydrogen-bond acceptors (Lipinski definition) is 4. The zero-order valence-electron chi connectivity index (χ0n) is 16.6. The summed E-state index contributed by atoms with van der Waals surface area (Å²) in [6, 6.07) is 22.3. The largest absolute Gasteiger partial charge is 0.295 e. The molecular weight excluding hydrogens is 348 g/mol. The number of likely N-dealkylation sites (N-methyl/N-ethyl adjacent to an activating group) is 1. The van der Waals surface area contributed by atoms with Crippen molar-refractivity contribution in [3.05, 3.63) is 71.8 Å². The van der Waals surface area contributed by atoms with Crippen LogP contribution in [0.5, 0.6) is 0 Å². The Balaban J connectivity index is 1.37. The van der Waals surface area contributed by atoms with Crippen LogP contribution in [-0.2, 0) is 4.79 Å². The number of amides is 1. The van der Waals surface area contributed by atoms with E-state index in [-0.39, 0.29) is 11.9 Å². The highest BCUT2D eigenvalue weighted by Gasteiger charge is 2.29. The molecule has 1 aliphatic heterocycles. The fraction of sp³-hybridized carbons (Fsp3) is 0.435. The molecule has 1 aliphatic carbocycles. The van der Waals surface area contributed by atoms with Gasteiger partial charge in [0.1, 0.15) is 0 Å². The number of hydrazine groups is 1. The molecular formula is C23H30N4O. The Kier molecular flexibility index (Phi) is 6.05. The number of nitrogens with one attached hydrogen (secondary N) is 1. The Morgan fingerprint density at radius 1 is 0.964 bits per heavy atom. The van der Waals surface area contributed by atoms with Crippen LogP contribution in [0.2, 0.25) is 0 Å². The molecule has 0 bridgehead atoms. The van der Waals surface area contributed by atoms with Gasteiger partial charge in [-0.1, -0.05) is 60.7 Å². The van der Waals surface area contributed by atoms with E-state index < -0.39 is 0 Å². The topological polar surface area (TPSA) is 38.8 Å². The van der Waals surface area contributed by atoms with Gasteiger partial charge in [0.25, 0.3) is 0 Å². The minimum absolute atomic E-state index is 0.102. The summed E-state index contributed by atoms with van der Waals surface area (Å²) in [7, 11) is 2.04.